The van der Waals surface area contributed by atoms with Crippen LogP contribution in [-0.2, 0) is 22.6 Å². The molecular weight excluding hydrogens is 538 g/mol. The minimum atomic E-state index is -0.621. The molecule has 1 N–H and O–H groups in total. The molecule has 0 radical (unpaired) electrons. The van der Waals surface area contributed by atoms with Crippen molar-refractivity contribution in [1.29, 1.82) is 0 Å². The number of benzene rings is 3. The van der Waals surface area contributed by atoms with Crippen LogP contribution in [0.2, 0.25) is 0 Å². The lowest BCUT2D eigenvalue weighted by Crippen LogP contribution is -2.38. The Bertz CT molecular complexity index is 1500. The highest BCUT2D eigenvalue weighted by molar-refractivity contribution is 7.99. The number of aliphatic hydroxyl groups excluding tert-OH is 1. The Kier molecular flexibility index (Phi) is 7.93. The van der Waals surface area contributed by atoms with Crippen LogP contribution in [0.25, 0.3) is 0 Å². The van der Waals surface area contributed by atoms with E-state index in [1.165, 1.54) is 4.90 Å². The van der Waals surface area contributed by atoms with Crippen molar-refractivity contribution < 1.29 is 24.2 Å². The van der Waals surface area contributed by atoms with Gasteiger partial charge in [0.1, 0.15) is 0 Å². The summed E-state index contributed by atoms with van der Waals surface area (Å²) in [7, 11) is 0. The molecule has 3 aromatic carbocycles. The second-order valence-electron chi connectivity index (χ2n) is 10.1. The fourth-order valence-corrected chi connectivity index (χ4v) is 6.14. The summed E-state index contributed by atoms with van der Waals surface area (Å²) in [6.45, 7) is 2.28. The van der Waals surface area contributed by atoms with Gasteiger partial charge < -0.3 is 14.6 Å². The molecule has 8 nitrogen and oxygen atoms in total. The van der Waals surface area contributed by atoms with Crippen LogP contribution in [0.15, 0.2) is 96.4 Å². The number of hydrogen-bond acceptors (Lipinski definition) is 8. The van der Waals surface area contributed by atoms with Crippen molar-refractivity contribution in [3.8, 4) is 0 Å². The zero-order chi connectivity index (χ0) is 28.3. The Balaban J connectivity index is 1.21. The van der Waals surface area contributed by atoms with E-state index in [1.807, 2.05) is 48.5 Å². The standard InChI is InChI=1S/C32H29N3O5S/c1-20-27(19-41-32-33-15-4-16-34-32)39-31(40-28(20)23-11-9-22(18-36)10-12-23)24-13-7-21(8-14-24)17-35-29(37)25-5-2-3-6-26(25)30(35)38/h2-16,20,27-28,31,36H,17-19H2,1H3/t20-,27+,28+,31+/m0/s1. The van der Waals surface area contributed by atoms with E-state index >= 15 is 0 Å². The highest BCUT2D eigenvalue weighted by Crippen LogP contribution is 2.43. The van der Waals surface area contributed by atoms with Gasteiger partial charge in [0.2, 0.25) is 0 Å². The van der Waals surface area contributed by atoms with E-state index in [2.05, 4.69) is 16.9 Å². The van der Waals surface area contributed by atoms with Crippen LogP contribution in [0.5, 0.6) is 0 Å². The van der Waals surface area contributed by atoms with Gasteiger partial charge in [-0.1, -0.05) is 79.3 Å². The predicted octanol–water partition coefficient (Wildman–Crippen LogP) is 5.35. The number of amides is 2. The second kappa shape index (κ2) is 11.9. The monoisotopic (exact) mass is 567 g/mol. The topological polar surface area (TPSA) is 102 Å². The highest BCUT2D eigenvalue weighted by atomic mass is 32.2. The van der Waals surface area contributed by atoms with Gasteiger partial charge >= 0.3 is 0 Å². The lowest BCUT2D eigenvalue weighted by atomic mass is 9.91. The number of carbonyl (C=O) groups is 2. The molecule has 2 aliphatic rings. The first-order chi connectivity index (χ1) is 20.0. The lowest BCUT2D eigenvalue weighted by molar-refractivity contribution is -0.268. The van der Waals surface area contributed by atoms with Crippen LogP contribution in [0.4, 0.5) is 0 Å². The maximum absolute atomic E-state index is 12.8. The summed E-state index contributed by atoms with van der Waals surface area (Å²) in [6.07, 6.45) is 2.44. The molecular formula is C32H29N3O5S. The van der Waals surface area contributed by atoms with Crippen molar-refractivity contribution in [3.63, 3.8) is 0 Å². The SMILES string of the molecule is C[C@H]1[C@@H](CSc2ncccn2)O[C@@H](c2ccc(CN3C(=O)c4ccccc4C3=O)cc2)O[C@H]1c1ccc(CO)cc1. The number of thioether (sulfide) groups is 1. The highest BCUT2D eigenvalue weighted by Gasteiger charge is 2.39. The Morgan fingerprint density at radius 1 is 0.805 bits per heavy atom. The van der Waals surface area contributed by atoms with Gasteiger partial charge in [-0.15, -0.1) is 0 Å². The summed E-state index contributed by atoms with van der Waals surface area (Å²) in [5, 5.41) is 10.2. The van der Waals surface area contributed by atoms with Crippen molar-refractivity contribution in [3.05, 3.63) is 125 Å². The summed E-state index contributed by atoms with van der Waals surface area (Å²) in [5.74, 6) is 0.130. The minimum Gasteiger partial charge on any atom is -0.392 e. The van der Waals surface area contributed by atoms with Crippen molar-refractivity contribution in [2.45, 2.75) is 43.7 Å². The molecule has 4 aromatic rings. The average Bonchev–Trinajstić information content (AvgIpc) is 3.26. The zero-order valence-electron chi connectivity index (χ0n) is 22.4. The van der Waals surface area contributed by atoms with Crippen LogP contribution >= 0.6 is 11.8 Å². The normalized spacial score (nSPS) is 22.1. The third-order valence-electron chi connectivity index (χ3n) is 7.51. The Labute approximate surface area is 242 Å². The van der Waals surface area contributed by atoms with E-state index in [-0.39, 0.29) is 43.1 Å². The Hall–Kier alpha value is -3.89. The predicted molar refractivity (Wildman–Crippen MR) is 153 cm³/mol. The molecule has 0 aliphatic carbocycles. The number of carbonyl (C=O) groups excluding carboxylic acids is 2. The van der Waals surface area contributed by atoms with E-state index in [0.29, 0.717) is 22.0 Å². The van der Waals surface area contributed by atoms with Crippen LogP contribution < -0.4 is 0 Å². The molecule has 0 saturated carbocycles. The molecule has 1 saturated heterocycles. The Morgan fingerprint density at radius 2 is 1.41 bits per heavy atom. The van der Waals surface area contributed by atoms with Crippen LogP contribution in [0.3, 0.4) is 0 Å². The average molecular weight is 568 g/mol. The van der Waals surface area contributed by atoms with Gasteiger partial charge in [0, 0.05) is 29.6 Å². The van der Waals surface area contributed by atoms with Gasteiger partial charge in [0.05, 0.1) is 36.5 Å². The first kappa shape index (κ1) is 27.3. The molecule has 3 heterocycles. The van der Waals surface area contributed by atoms with Crippen LogP contribution in [0, 0.1) is 5.92 Å². The quantitative estimate of drug-likeness (QED) is 0.173. The number of aliphatic hydroxyl groups is 1. The molecule has 9 heteroatoms. The van der Waals surface area contributed by atoms with Crippen molar-refractivity contribution in [1.82, 2.24) is 14.9 Å². The summed E-state index contributed by atoms with van der Waals surface area (Å²) < 4.78 is 13.0. The minimum absolute atomic E-state index is 0.0174. The lowest BCUT2D eigenvalue weighted by Gasteiger charge is -2.41. The smallest absolute Gasteiger partial charge is 0.261 e. The van der Waals surface area contributed by atoms with E-state index in [4.69, 9.17) is 9.47 Å². The zero-order valence-corrected chi connectivity index (χ0v) is 23.2. The number of rotatable bonds is 8. The molecule has 0 bridgehead atoms. The summed E-state index contributed by atoms with van der Waals surface area (Å²) in [4.78, 5) is 35.5. The van der Waals surface area contributed by atoms with E-state index in [0.717, 1.165) is 22.3 Å². The third-order valence-corrected chi connectivity index (χ3v) is 8.48. The van der Waals surface area contributed by atoms with Gasteiger partial charge in [-0.05, 0) is 34.9 Å². The van der Waals surface area contributed by atoms with Gasteiger partial charge in [0.25, 0.3) is 11.8 Å². The van der Waals surface area contributed by atoms with E-state index in [9.17, 15) is 14.7 Å². The number of aromatic nitrogens is 2. The number of ether oxygens (including phenoxy) is 2. The maximum atomic E-state index is 12.8. The van der Waals surface area contributed by atoms with Gasteiger partial charge in [-0.25, -0.2) is 9.97 Å². The first-order valence-electron chi connectivity index (χ1n) is 13.5. The van der Waals surface area contributed by atoms with Crippen molar-refractivity contribution in [2.24, 2.45) is 5.92 Å². The largest absolute Gasteiger partial charge is 0.392 e. The van der Waals surface area contributed by atoms with Crippen LogP contribution in [0.1, 0.15) is 62.3 Å². The molecule has 208 valence electrons. The molecule has 6 rings (SSSR count). The number of imide groups is 1. The summed E-state index contributed by atoms with van der Waals surface area (Å²) in [5.41, 5.74) is 4.40. The fourth-order valence-electron chi connectivity index (χ4n) is 5.17. The molecule has 41 heavy (non-hydrogen) atoms. The number of hydrogen-bond donors (Lipinski definition) is 1. The molecule has 2 amide bonds. The first-order valence-corrected chi connectivity index (χ1v) is 14.4. The molecule has 2 aliphatic heterocycles. The van der Waals surface area contributed by atoms with Crippen molar-refractivity contribution in [2.75, 3.05) is 5.75 Å². The summed E-state index contributed by atoms with van der Waals surface area (Å²) in [6, 6.07) is 24.1. The maximum Gasteiger partial charge on any atom is 0.261 e. The third kappa shape index (κ3) is 5.67. The van der Waals surface area contributed by atoms with Crippen molar-refractivity contribution >= 4 is 23.6 Å². The van der Waals surface area contributed by atoms with Gasteiger partial charge in [0.15, 0.2) is 11.4 Å². The second-order valence-corrected chi connectivity index (χ2v) is 11.1. The molecule has 1 fully saturated rings. The molecule has 4 atom stereocenters. The summed E-state index contributed by atoms with van der Waals surface area (Å²) >= 11 is 1.54. The molecule has 0 spiro atoms. The molecule has 0 unspecified atom stereocenters. The van der Waals surface area contributed by atoms with E-state index in [1.54, 1.807) is 54.5 Å². The molecule has 1 aromatic heterocycles. The number of fused-ring (bicyclic) bond motifs is 1. The number of nitrogens with zero attached hydrogens (tertiary/aromatic N) is 3. The van der Waals surface area contributed by atoms with Gasteiger partial charge in [-0.3, -0.25) is 14.5 Å². The fraction of sp³-hybridized carbons (Fsp3) is 0.250. The van der Waals surface area contributed by atoms with Crippen LogP contribution in [-0.4, -0.2) is 43.6 Å². The van der Waals surface area contributed by atoms with Gasteiger partial charge in [-0.2, -0.15) is 0 Å². The Morgan fingerprint density at radius 3 is 2.05 bits per heavy atom. The van der Waals surface area contributed by atoms with E-state index < -0.39 is 6.29 Å².